The molecule has 0 saturated carbocycles. The normalized spacial score (nSPS) is 26.5. The Morgan fingerprint density at radius 3 is 2.82 bits per heavy atom. The summed E-state index contributed by atoms with van der Waals surface area (Å²) in [5, 5.41) is 1.78. The fourth-order valence-electron chi connectivity index (χ4n) is 1.37. The number of piperidine rings is 1. The van der Waals surface area contributed by atoms with Gasteiger partial charge >= 0.3 is 5.97 Å². The first-order valence-corrected chi connectivity index (χ1v) is 4.15. The van der Waals surface area contributed by atoms with Gasteiger partial charge in [-0.1, -0.05) is 6.42 Å². The van der Waals surface area contributed by atoms with Gasteiger partial charge in [0.25, 0.3) is 0 Å². The lowest BCUT2D eigenvalue weighted by Crippen LogP contribution is -2.38. The van der Waals surface area contributed by atoms with Crippen LogP contribution in [0.4, 0.5) is 0 Å². The molecule has 1 saturated heterocycles. The summed E-state index contributed by atoms with van der Waals surface area (Å²) in [6.07, 6.45) is 3.52. The van der Waals surface area contributed by atoms with Gasteiger partial charge in [-0.25, -0.2) is 0 Å². The minimum absolute atomic E-state index is 0.209. The van der Waals surface area contributed by atoms with Gasteiger partial charge in [0.2, 0.25) is 0 Å². The molecule has 64 valence electrons. The molecule has 1 aliphatic heterocycles. The summed E-state index contributed by atoms with van der Waals surface area (Å²) >= 11 is 0. The predicted molar refractivity (Wildman–Crippen MR) is 41.8 cm³/mol. The summed E-state index contributed by atoms with van der Waals surface area (Å²) in [6.45, 7) is 4.42. The monoisotopic (exact) mass is 157 g/mol. The number of hydrogen-bond acceptors (Lipinski definition) is 3. The molecule has 0 radical (unpaired) electrons. The molecule has 1 heterocycles. The molecule has 3 heteroatoms. The van der Waals surface area contributed by atoms with Crippen molar-refractivity contribution in [1.82, 2.24) is 5.06 Å². The summed E-state index contributed by atoms with van der Waals surface area (Å²) in [6, 6.07) is 0.396. The Bertz CT molecular complexity index is 147. The summed E-state index contributed by atoms with van der Waals surface area (Å²) in [4.78, 5) is 15.6. The second-order valence-electron chi connectivity index (χ2n) is 3.07. The largest absolute Gasteiger partial charge is 0.368 e. The molecule has 1 aliphatic rings. The summed E-state index contributed by atoms with van der Waals surface area (Å²) in [7, 11) is 0. The molecule has 0 bridgehead atoms. The highest BCUT2D eigenvalue weighted by molar-refractivity contribution is 5.65. The van der Waals surface area contributed by atoms with Gasteiger partial charge in [-0.15, -0.1) is 5.06 Å². The number of rotatable bonds is 1. The second kappa shape index (κ2) is 3.72. The molecule has 1 fully saturated rings. The van der Waals surface area contributed by atoms with Crippen LogP contribution in [0.15, 0.2) is 0 Å². The average molecular weight is 157 g/mol. The topological polar surface area (TPSA) is 29.5 Å². The van der Waals surface area contributed by atoms with E-state index in [1.807, 2.05) is 0 Å². The molecule has 3 nitrogen and oxygen atoms in total. The van der Waals surface area contributed by atoms with E-state index < -0.39 is 0 Å². The molecule has 0 spiro atoms. The molecule has 0 aromatic carbocycles. The van der Waals surface area contributed by atoms with Crippen LogP contribution in [0.3, 0.4) is 0 Å². The van der Waals surface area contributed by atoms with E-state index in [1.165, 1.54) is 13.3 Å². The molecule has 11 heavy (non-hydrogen) atoms. The predicted octanol–water partition coefficient (Wildman–Crippen LogP) is 1.34. The molecule has 0 aromatic rings. The fourth-order valence-corrected chi connectivity index (χ4v) is 1.37. The minimum Gasteiger partial charge on any atom is -0.368 e. The van der Waals surface area contributed by atoms with Crippen LogP contribution in [0.25, 0.3) is 0 Å². The Morgan fingerprint density at radius 1 is 1.55 bits per heavy atom. The van der Waals surface area contributed by atoms with Crippen molar-refractivity contribution < 1.29 is 9.63 Å². The van der Waals surface area contributed by atoms with Crippen molar-refractivity contribution >= 4 is 5.97 Å². The van der Waals surface area contributed by atoms with Crippen LogP contribution < -0.4 is 0 Å². The van der Waals surface area contributed by atoms with E-state index >= 15 is 0 Å². The van der Waals surface area contributed by atoms with Crippen LogP contribution in [0, 0.1) is 0 Å². The highest BCUT2D eigenvalue weighted by Crippen LogP contribution is 2.16. The highest BCUT2D eigenvalue weighted by atomic mass is 16.7. The number of hydroxylamine groups is 2. The first-order valence-electron chi connectivity index (χ1n) is 4.15. The lowest BCUT2D eigenvalue weighted by atomic mass is 10.1. The zero-order chi connectivity index (χ0) is 8.27. The van der Waals surface area contributed by atoms with Crippen molar-refractivity contribution in [2.45, 2.75) is 39.2 Å². The van der Waals surface area contributed by atoms with Crippen LogP contribution in [0.1, 0.15) is 33.1 Å². The third-order valence-electron chi connectivity index (χ3n) is 1.99. The van der Waals surface area contributed by atoms with E-state index in [9.17, 15) is 4.79 Å². The van der Waals surface area contributed by atoms with E-state index in [-0.39, 0.29) is 5.97 Å². The fraction of sp³-hybridized carbons (Fsp3) is 0.875. The third kappa shape index (κ3) is 2.50. The molecular formula is C8H15NO2. The second-order valence-corrected chi connectivity index (χ2v) is 3.07. The van der Waals surface area contributed by atoms with Crippen molar-refractivity contribution in [1.29, 1.82) is 0 Å². The van der Waals surface area contributed by atoms with Gasteiger partial charge in [-0.05, 0) is 19.8 Å². The maximum absolute atomic E-state index is 10.6. The zero-order valence-electron chi connectivity index (χ0n) is 7.17. The summed E-state index contributed by atoms with van der Waals surface area (Å²) in [5.74, 6) is -0.209. The van der Waals surface area contributed by atoms with Crippen LogP contribution >= 0.6 is 0 Å². The Morgan fingerprint density at radius 2 is 2.27 bits per heavy atom. The lowest BCUT2D eigenvalue weighted by Gasteiger charge is -2.30. The Hall–Kier alpha value is -0.570. The standard InChI is InChI=1S/C8H15NO2/c1-7-5-3-4-6-9(7)11-8(2)10/h7H,3-6H2,1-2H3. The van der Waals surface area contributed by atoms with E-state index in [0.29, 0.717) is 6.04 Å². The van der Waals surface area contributed by atoms with E-state index in [2.05, 4.69) is 6.92 Å². The molecule has 0 N–H and O–H groups in total. The van der Waals surface area contributed by atoms with Gasteiger partial charge < -0.3 is 4.84 Å². The first-order chi connectivity index (χ1) is 5.20. The zero-order valence-corrected chi connectivity index (χ0v) is 7.17. The van der Waals surface area contributed by atoms with Crippen molar-refractivity contribution in [3.8, 4) is 0 Å². The van der Waals surface area contributed by atoms with Crippen LogP contribution in [0.5, 0.6) is 0 Å². The number of nitrogens with zero attached hydrogens (tertiary/aromatic N) is 1. The molecule has 0 aliphatic carbocycles. The molecule has 0 aromatic heterocycles. The van der Waals surface area contributed by atoms with Crippen LogP contribution in [0.2, 0.25) is 0 Å². The maximum atomic E-state index is 10.6. The molecule has 1 unspecified atom stereocenters. The number of carbonyl (C=O) groups excluding carboxylic acids is 1. The highest BCUT2D eigenvalue weighted by Gasteiger charge is 2.20. The molecule has 1 rings (SSSR count). The Labute approximate surface area is 67.3 Å². The van der Waals surface area contributed by atoms with Crippen LogP contribution in [-0.2, 0) is 9.63 Å². The minimum atomic E-state index is -0.209. The number of hydrogen-bond donors (Lipinski definition) is 0. The van der Waals surface area contributed by atoms with E-state index in [0.717, 1.165) is 19.4 Å². The van der Waals surface area contributed by atoms with Crippen molar-refractivity contribution in [3.05, 3.63) is 0 Å². The van der Waals surface area contributed by atoms with Gasteiger partial charge in [-0.3, -0.25) is 4.79 Å². The van der Waals surface area contributed by atoms with E-state index in [4.69, 9.17) is 4.84 Å². The summed E-state index contributed by atoms with van der Waals surface area (Å²) in [5.41, 5.74) is 0. The first kappa shape index (κ1) is 8.53. The van der Waals surface area contributed by atoms with Gasteiger partial charge in [0.05, 0.1) is 0 Å². The molecule has 1 atom stereocenters. The van der Waals surface area contributed by atoms with Gasteiger partial charge in [0, 0.05) is 19.5 Å². The average Bonchev–Trinajstić information content (AvgIpc) is 1.93. The Kier molecular flexibility index (Phi) is 2.88. The summed E-state index contributed by atoms with van der Waals surface area (Å²) < 4.78 is 0. The molecule has 0 amide bonds. The van der Waals surface area contributed by atoms with Gasteiger partial charge in [0.15, 0.2) is 0 Å². The smallest absolute Gasteiger partial charge is 0.322 e. The van der Waals surface area contributed by atoms with Crippen molar-refractivity contribution in [3.63, 3.8) is 0 Å². The maximum Gasteiger partial charge on any atom is 0.322 e. The number of carbonyl (C=O) groups is 1. The lowest BCUT2D eigenvalue weighted by molar-refractivity contribution is -0.203. The third-order valence-corrected chi connectivity index (χ3v) is 1.99. The van der Waals surface area contributed by atoms with E-state index in [1.54, 1.807) is 5.06 Å². The van der Waals surface area contributed by atoms with Crippen LogP contribution in [-0.4, -0.2) is 23.6 Å². The Balaban J connectivity index is 2.35. The van der Waals surface area contributed by atoms with Crippen molar-refractivity contribution in [2.75, 3.05) is 6.54 Å². The van der Waals surface area contributed by atoms with Gasteiger partial charge in [-0.2, -0.15) is 0 Å². The SMILES string of the molecule is CC(=O)ON1CCCCC1C. The van der Waals surface area contributed by atoms with Gasteiger partial charge in [0.1, 0.15) is 0 Å². The molecular weight excluding hydrogens is 142 g/mol. The van der Waals surface area contributed by atoms with Crippen molar-refractivity contribution in [2.24, 2.45) is 0 Å². The quantitative estimate of drug-likeness (QED) is 0.575.